The van der Waals surface area contributed by atoms with Crippen LogP contribution in [0.2, 0.25) is 0 Å². The van der Waals surface area contributed by atoms with Gasteiger partial charge in [-0.25, -0.2) is 15.0 Å². The predicted octanol–water partition coefficient (Wildman–Crippen LogP) is 2.74. The van der Waals surface area contributed by atoms with Crippen LogP contribution in [0, 0.1) is 13.8 Å². The third kappa shape index (κ3) is 3.32. The predicted molar refractivity (Wildman–Crippen MR) is 93.9 cm³/mol. The van der Waals surface area contributed by atoms with Gasteiger partial charge in [-0.05, 0) is 24.1 Å². The number of hydrogen-bond acceptors (Lipinski definition) is 7. The largest absolute Gasteiger partial charge is 0.439 e. The first-order valence-corrected chi connectivity index (χ1v) is 8.13. The fraction of sp³-hybridized carbons (Fsp3) is 0.278. The first kappa shape index (κ1) is 19.8. The molecule has 148 valence electrons. The lowest BCUT2D eigenvalue weighted by molar-refractivity contribution is -0.277. The topological polar surface area (TPSA) is 118 Å². The van der Waals surface area contributed by atoms with Crippen LogP contribution >= 0.6 is 0 Å². The molecule has 10 heteroatoms. The Hall–Kier alpha value is -2.98. The zero-order valence-corrected chi connectivity index (χ0v) is 14.9. The highest BCUT2D eigenvalue weighted by atomic mass is 19.4. The van der Waals surface area contributed by atoms with Gasteiger partial charge in [-0.2, -0.15) is 13.2 Å². The van der Waals surface area contributed by atoms with Gasteiger partial charge in [0.2, 0.25) is 5.60 Å². The number of aliphatic hydroxyl groups is 2. The van der Waals surface area contributed by atoms with E-state index >= 15 is 0 Å². The van der Waals surface area contributed by atoms with Gasteiger partial charge in [0.25, 0.3) is 0 Å². The van der Waals surface area contributed by atoms with Crippen molar-refractivity contribution < 1.29 is 27.8 Å². The summed E-state index contributed by atoms with van der Waals surface area (Å²) in [5.41, 5.74) is 3.22. The molecule has 2 aromatic heterocycles. The Morgan fingerprint density at radius 2 is 1.86 bits per heavy atom. The van der Waals surface area contributed by atoms with E-state index in [1.807, 2.05) is 0 Å². The summed E-state index contributed by atoms with van der Waals surface area (Å²) in [6.07, 6.45) is -2.35. The minimum absolute atomic E-state index is 0.0656. The van der Waals surface area contributed by atoms with Crippen molar-refractivity contribution in [2.75, 3.05) is 12.3 Å². The molecule has 0 saturated carbocycles. The number of anilines is 1. The van der Waals surface area contributed by atoms with Crippen molar-refractivity contribution >= 4 is 5.82 Å². The van der Waals surface area contributed by atoms with Crippen LogP contribution in [0.5, 0.6) is 0 Å². The summed E-state index contributed by atoms with van der Waals surface area (Å²) in [4.78, 5) is 12.4. The van der Waals surface area contributed by atoms with Crippen LogP contribution in [0.25, 0.3) is 22.7 Å². The second-order valence-electron chi connectivity index (χ2n) is 6.28. The van der Waals surface area contributed by atoms with Gasteiger partial charge in [-0.1, -0.05) is 12.1 Å². The van der Waals surface area contributed by atoms with Crippen molar-refractivity contribution in [1.29, 1.82) is 0 Å². The maximum Gasteiger partial charge on any atom is 0.423 e. The van der Waals surface area contributed by atoms with E-state index in [1.165, 1.54) is 18.5 Å². The van der Waals surface area contributed by atoms with E-state index < -0.39 is 23.9 Å². The molecule has 2 heterocycles. The molecule has 1 aromatic carbocycles. The number of rotatable bonds is 4. The summed E-state index contributed by atoms with van der Waals surface area (Å²) < 4.78 is 45.3. The highest BCUT2D eigenvalue weighted by Crippen LogP contribution is 2.40. The summed E-state index contributed by atoms with van der Waals surface area (Å²) in [5, 5.41) is 19.2. The van der Waals surface area contributed by atoms with Crippen LogP contribution in [0.1, 0.15) is 17.0 Å². The number of hydrogen-bond donors (Lipinski definition) is 3. The molecular formula is C18H17F3N4O3. The molecule has 0 spiro atoms. The van der Waals surface area contributed by atoms with E-state index in [0.29, 0.717) is 17.0 Å². The van der Waals surface area contributed by atoms with Crippen molar-refractivity contribution in [3.63, 3.8) is 0 Å². The van der Waals surface area contributed by atoms with Crippen LogP contribution in [0.15, 0.2) is 35.0 Å². The number of nitrogens with zero attached hydrogens (tertiary/aromatic N) is 3. The maximum absolute atomic E-state index is 13.3. The minimum atomic E-state index is -5.07. The van der Waals surface area contributed by atoms with E-state index in [-0.39, 0.29) is 23.0 Å². The lowest BCUT2D eigenvalue weighted by Crippen LogP contribution is -2.45. The Bertz CT molecular complexity index is 1020. The van der Waals surface area contributed by atoms with Crippen LogP contribution in [0.3, 0.4) is 0 Å². The van der Waals surface area contributed by atoms with Gasteiger partial charge in [0.15, 0.2) is 23.2 Å². The molecule has 0 radical (unpaired) electrons. The quantitative estimate of drug-likeness (QED) is 0.623. The Labute approximate surface area is 157 Å². The average Bonchev–Trinajstić information content (AvgIpc) is 3.07. The maximum atomic E-state index is 13.3. The van der Waals surface area contributed by atoms with Gasteiger partial charge in [-0.3, -0.25) is 0 Å². The van der Waals surface area contributed by atoms with Crippen LogP contribution in [-0.2, 0) is 5.60 Å². The lowest BCUT2D eigenvalue weighted by atomic mass is 9.90. The fourth-order valence-electron chi connectivity index (χ4n) is 2.68. The standard InChI is InChI=1S/C18H17F3N4O3/c1-9-3-4-11(17(27,8-26)18(19,20)21)5-12(9)13-6-24-16(22)15(25-13)14-7-23-10(2)28-14/h3-7,26-27H,8H2,1-2H3,(H2,22,24)/t17-/m1/s1. The van der Waals surface area contributed by atoms with Crippen LogP contribution < -0.4 is 5.73 Å². The SMILES string of the molecule is Cc1ncc(-c2nc(-c3cc([C@](O)(CO)C(F)(F)F)ccc3C)cnc2N)o1. The average molecular weight is 394 g/mol. The molecule has 0 fully saturated rings. The van der Waals surface area contributed by atoms with Gasteiger partial charge in [-0.15, -0.1) is 0 Å². The second-order valence-corrected chi connectivity index (χ2v) is 6.28. The number of halogens is 3. The number of nitrogen functional groups attached to an aromatic ring is 1. The zero-order valence-electron chi connectivity index (χ0n) is 14.9. The zero-order chi connectivity index (χ0) is 20.7. The molecule has 28 heavy (non-hydrogen) atoms. The van der Waals surface area contributed by atoms with Gasteiger partial charge < -0.3 is 20.4 Å². The molecule has 1 atom stereocenters. The van der Waals surface area contributed by atoms with E-state index in [9.17, 15) is 23.4 Å². The number of alkyl halides is 3. The van der Waals surface area contributed by atoms with E-state index in [1.54, 1.807) is 13.8 Å². The normalized spacial score (nSPS) is 14.1. The third-order valence-corrected chi connectivity index (χ3v) is 4.34. The number of nitrogens with two attached hydrogens (primary N) is 1. The first-order valence-electron chi connectivity index (χ1n) is 8.13. The minimum Gasteiger partial charge on any atom is -0.439 e. The Kier molecular flexibility index (Phi) is 4.86. The van der Waals surface area contributed by atoms with Crippen molar-refractivity contribution in [2.24, 2.45) is 0 Å². The van der Waals surface area contributed by atoms with Crippen molar-refractivity contribution in [3.05, 3.63) is 47.6 Å². The van der Waals surface area contributed by atoms with Crippen molar-refractivity contribution in [2.45, 2.75) is 25.6 Å². The first-order chi connectivity index (χ1) is 13.1. The molecule has 0 aliphatic carbocycles. The monoisotopic (exact) mass is 394 g/mol. The summed E-state index contributed by atoms with van der Waals surface area (Å²) in [7, 11) is 0. The van der Waals surface area contributed by atoms with Crippen molar-refractivity contribution in [3.8, 4) is 22.7 Å². The van der Waals surface area contributed by atoms with Crippen molar-refractivity contribution in [1.82, 2.24) is 15.0 Å². The Morgan fingerprint density at radius 1 is 1.14 bits per heavy atom. The Morgan fingerprint density at radius 3 is 2.43 bits per heavy atom. The van der Waals surface area contributed by atoms with Gasteiger partial charge in [0.05, 0.1) is 24.7 Å². The molecule has 4 N–H and O–H groups in total. The lowest BCUT2D eigenvalue weighted by Gasteiger charge is -2.29. The molecule has 7 nitrogen and oxygen atoms in total. The number of oxazole rings is 1. The molecule has 0 aliphatic heterocycles. The highest BCUT2D eigenvalue weighted by Gasteiger charge is 2.54. The van der Waals surface area contributed by atoms with Crippen LogP contribution in [0.4, 0.5) is 19.0 Å². The third-order valence-electron chi connectivity index (χ3n) is 4.34. The van der Waals surface area contributed by atoms with E-state index in [2.05, 4.69) is 15.0 Å². The summed E-state index contributed by atoms with van der Waals surface area (Å²) in [6, 6.07) is 3.62. The molecular weight excluding hydrogens is 377 g/mol. The molecule has 0 amide bonds. The van der Waals surface area contributed by atoms with E-state index in [4.69, 9.17) is 10.2 Å². The second kappa shape index (κ2) is 6.88. The molecule has 0 bridgehead atoms. The number of benzene rings is 1. The van der Waals surface area contributed by atoms with E-state index in [0.717, 1.165) is 12.1 Å². The summed E-state index contributed by atoms with van der Waals surface area (Å²) >= 11 is 0. The highest BCUT2D eigenvalue weighted by molar-refractivity contribution is 5.71. The van der Waals surface area contributed by atoms with Crippen LogP contribution in [-0.4, -0.2) is 37.9 Å². The summed E-state index contributed by atoms with van der Waals surface area (Å²) in [6.45, 7) is 1.79. The Balaban J connectivity index is 2.15. The molecule has 0 aliphatic rings. The number of aliphatic hydroxyl groups excluding tert-OH is 1. The number of aromatic nitrogens is 3. The summed E-state index contributed by atoms with van der Waals surface area (Å²) in [5.74, 6) is 0.717. The fourth-order valence-corrected chi connectivity index (χ4v) is 2.68. The molecule has 0 unspecified atom stereocenters. The van der Waals surface area contributed by atoms with Gasteiger partial charge in [0, 0.05) is 12.5 Å². The molecule has 0 saturated heterocycles. The molecule has 3 rings (SSSR count). The smallest absolute Gasteiger partial charge is 0.423 e. The van der Waals surface area contributed by atoms with Gasteiger partial charge >= 0.3 is 6.18 Å². The number of aryl methyl sites for hydroxylation is 2. The molecule has 3 aromatic rings. The van der Waals surface area contributed by atoms with Gasteiger partial charge in [0.1, 0.15) is 0 Å².